The van der Waals surface area contributed by atoms with E-state index in [9.17, 15) is 9.90 Å². The van der Waals surface area contributed by atoms with Crippen molar-refractivity contribution in [3.05, 3.63) is 12.4 Å². The minimum Gasteiger partial charge on any atom is -0.393 e. The first kappa shape index (κ1) is 10.2. The molecule has 0 unspecified atom stereocenters. The Balaban J connectivity index is 1.86. The van der Waals surface area contributed by atoms with Crippen molar-refractivity contribution in [3.63, 3.8) is 0 Å². The second-order valence-corrected chi connectivity index (χ2v) is 3.98. The Morgan fingerprint density at radius 3 is 2.80 bits per heavy atom. The van der Waals surface area contributed by atoms with Crippen LogP contribution in [0.15, 0.2) is 12.4 Å². The molecule has 1 heterocycles. The normalized spacial score (nSPS) is 26.2. The van der Waals surface area contributed by atoms with Gasteiger partial charge in [-0.25, -0.2) is 0 Å². The van der Waals surface area contributed by atoms with E-state index in [1.54, 1.807) is 12.4 Å². The van der Waals surface area contributed by atoms with Crippen LogP contribution >= 0.6 is 0 Å². The molecule has 1 saturated carbocycles. The van der Waals surface area contributed by atoms with E-state index in [4.69, 9.17) is 0 Å². The molecule has 0 radical (unpaired) electrons. The fourth-order valence-corrected chi connectivity index (χ4v) is 1.90. The molecule has 2 rings (SSSR count). The van der Waals surface area contributed by atoms with Gasteiger partial charge in [-0.1, -0.05) is 0 Å². The number of hydrogen-bond donors (Lipinski definition) is 3. The highest BCUT2D eigenvalue weighted by molar-refractivity contribution is 5.92. The maximum atomic E-state index is 11.7. The summed E-state index contributed by atoms with van der Waals surface area (Å²) in [5, 5.41) is 18.5. The third-order valence-corrected chi connectivity index (χ3v) is 2.83. The summed E-state index contributed by atoms with van der Waals surface area (Å²) in [6.45, 7) is 0. The summed E-state index contributed by atoms with van der Waals surface area (Å²) >= 11 is 0. The Morgan fingerprint density at radius 1 is 1.47 bits per heavy atom. The number of aliphatic hydroxyl groups excluding tert-OH is 1. The van der Waals surface area contributed by atoms with Crippen LogP contribution in [0.5, 0.6) is 0 Å². The molecule has 1 aromatic heterocycles. The van der Waals surface area contributed by atoms with Gasteiger partial charge < -0.3 is 10.4 Å². The number of aromatic amines is 1. The zero-order valence-electron chi connectivity index (χ0n) is 8.44. The number of nitrogens with one attached hydrogen (secondary N) is 2. The van der Waals surface area contributed by atoms with Crippen molar-refractivity contribution >= 4 is 11.6 Å². The average molecular weight is 209 g/mol. The summed E-state index contributed by atoms with van der Waals surface area (Å²) in [7, 11) is 0. The van der Waals surface area contributed by atoms with Crippen molar-refractivity contribution in [2.45, 2.75) is 31.8 Å². The third kappa shape index (κ3) is 2.56. The van der Waals surface area contributed by atoms with Gasteiger partial charge in [0.1, 0.15) is 0 Å². The molecule has 0 aliphatic heterocycles. The number of amides is 1. The molecule has 0 atom stereocenters. The Kier molecular flexibility index (Phi) is 3.01. The SMILES string of the molecule is O=C(Nc1cn[nH]c1)C1CCC(O)CC1. The Morgan fingerprint density at radius 2 is 2.20 bits per heavy atom. The number of carbonyl (C=O) groups is 1. The lowest BCUT2D eigenvalue weighted by molar-refractivity contribution is -0.121. The molecule has 0 aromatic carbocycles. The van der Waals surface area contributed by atoms with Gasteiger partial charge >= 0.3 is 0 Å². The van der Waals surface area contributed by atoms with Gasteiger partial charge in [-0.2, -0.15) is 5.10 Å². The summed E-state index contributed by atoms with van der Waals surface area (Å²) in [5.41, 5.74) is 0.700. The van der Waals surface area contributed by atoms with Crippen LogP contribution in [-0.2, 0) is 4.79 Å². The van der Waals surface area contributed by atoms with Crippen molar-refractivity contribution in [1.29, 1.82) is 0 Å². The highest BCUT2D eigenvalue weighted by atomic mass is 16.3. The molecule has 1 aliphatic rings. The molecular weight excluding hydrogens is 194 g/mol. The first-order valence-corrected chi connectivity index (χ1v) is 5.23. The van der Waals surface area contributed by atoms with E-state index in [1.807, 2.05) is 0 Å². The molecule has 1 aliphatic carbocycles. The molecule has 1 amide bonds. The van der Waals surface area contributed by atoms with Gasteiger partial charge in [0.15, 0.2) is 0 Å². The lowest BCUT2D eigenvalue weighted by Crippen LogP contribution is -2.28. The van der Waals surface area contributed by atoms with Crippen LogP contribution < -0.4 is 5.32 Å². The van der Waals surface area contributed by atoms with Crippen molar-refractivity contribution in [3.8, 4) is 0 Å². The van der Waals surface area contributed by atoms with E-state index >= 15 is 0 Å². The van der Waals surface area contributed by atoms with Gasteiger partial charge in [0, 0.05) is 12.1 Å². The lowest BCUT2D eigenvalue weighted by Gasteiger charge is -2.24. The van der Waals surface area contributed by atoms with Gasteiger partial charge in [0.25, 0.3) is 0 Å². The topological polar surface area (TPSA) is 78.0 Å². The number of aliphatic hydroxyl groups is 1. The van der Waals surface area contributed by atoms with Gasteiger partial charge in [-0.05, 0) is 25.7 Å². The van der Waals surface area contributed by atoms with Gasteiger partial charge in [0.05, 0.1) is 18.0 Å². The maximum Gasteiger partial charge on any atom is 0.227 e. The minimum absolute atomic E-state index is 0.0308. The van der Waals surface area contributed by atoms with Crippen LogP contribution in [0.2, 0.25) is 0 Å². The number of hydrogen-bond acceptors (Lipinski definition) is 3. The molecule has 5 heteroatoms. The number of aromatic nitrogens is 2. The van der Waals surface area contributed by atoms with Crippen molar-refractivity contribution in [2.24, 2.45) is 5.92 Å². The number of rotatable bonds is 2. The maximum absolute atomic E-state index is 11.7. The molecule has 1 fully saturated rings. The van der Waals surface area contributed by atoms with Crippen LogP contribution in [0.25, 0.3) is 0 Å². The monoisotopic (exact) mass is 209 g/mol. The molecule has 1 aromatic rings. The van der Waals surface area contributed by atoms with E-state index < -0.39 is 0 Å². The number of nitrogens with zero attached hydrogens (tertiary/aromatic N) is 1. The predicted octanol–water partition coefficient (Wildman–Crippen LogP) is 0.899. The summed E-state index contributed by atoms with van der Waals surface area (Å²) in [5.74, 6) is 0.0617. The number of H-pyrrole nitrogens is 1. The molecular formula is C10H15N3O2. The van der Waals surface area contributed by atoms with Gasteiger partial charge in [-0.3, -0.25) is 9.89 Å². The van der Waals surface area contributed by atoms with E-state index in [1.165, 1.54) is 0 Å². The minimum atomic E-state index is -0.219. The van der Waals surface area contributed by atoms with Crippen LogP contribution in [-0.4, -0.2) is 27.3 Å². The van der Waals surface area contributed by atoms with Crippen molar-refractivity contribution in [1.82, 2.24) is 10.2 Å². The second kappa shape index (κ2) is 4.44. The highest BCUT2D eigenvalue weighted by Gasteiger charge is 2.25. The number of anilines is 1. The molecule has 5 nitrogen and oxygen atoms in total. The molecule has 0 bridgehead atoms. The van der Waals surface area contributed by atoms with E-state index in [0.717, 1.165) is 25.7 Å². The molecule has 3 N–H and O–H groups in total. The van der Waals surface area contributed by atoms with Gasteiger partial charge in [0.2, 0.25) is 5.91 Å². The smallest absolute Gasteiger partial charge is 0.227 e. The summed E-state index contributed by atoms with van der Waals surface area (Å²) in [6, 6.07) is 0. The fourth-order valence-electron chi connectivity index (χ4n) is 1.90. The lowest BCUT2D eigenvalue weighted by atomic mass is 9.87. The Bertz CT molecular complexity index is 315. The van der Waals surface area contributed by atoms with E-state index in [-0.39, 0.29) is 17.9 Å². The highest BCUT2D eigenvalue weighted by Crippen LogP contribution is 2.25. The predicted molar refractivity (Wildman–Crippen MR) is 55.2 cm³/mol. The largest absolute Gasteiger partial charge is 0.393 e. The second-order valence-electron chi connectivity index (χ2n) is 3.98. The van der Waals surface area contributed by atoms with Crippen LogP contribution in [0.3, 0.4) is 0 Å². The van der Waals surface area contributed by atoms with Gasteiger partial charge in [-0.15, -0.1) is 0 Å². The molecule has 0 saturated heterocycles. The molecule has 15 heavy (non-hydrogen) atoms. The summed E-state index contributed by atoms with van der Waals surface area (Å²) in [6.07, 6.45) is 6.00. The average Bonchev–Trinajstić information content (AvgIpc) is 2.71. The molecule has 0 spiro atoms. The summed E-state index contributed by atoms with van der Waals surface area (Å²) in [4.78, 5) is 11.7. The van der Waals surface area contributed by atoms with Crippen LogP contribution in [0.4, 0.5) is 5.69 Å². The fraction of sp³-hybridized carbons (Fsp3) is 0.600. The Hall–Kier alpha value is -1.36. The first-order valence-electron chi connectivity index (χ1n) is 5.23. The summed E-state index contributed by atoms with van der Waals surface area (Å²) < 4.78 is 0. The van der Waals surface area contributed by atoms with Crippen LogP contribution in [0, 0.1) is 5.92 Å². The molecule has 82 valence electrons. The Labute approximate surface area is 87.9 Å². The quantitative estimate of drug-likeness (QED) is 0.677. The van der Waals surface area contributed by atoms with Crippen molar-refractivity contribution < 1.29 is 9.90 Å². The zero-order valence-corrected chi connectivity index (χ0v) is 8.44. The number of carbonyl (C=O) groups excluding carboxylic acids is 1. The standard InChI is InChI=1S/C10H15N3O2/c14-9-3-1-7(2-4-9)10(15)13-8-5-11-12-6-8/h5-7,9,14H,1-4H2,(H,11,12)(H,13,15). The van der Waals surface area contributed by atoms with E-state index in [0.29, 0.717) is 5.69 Å². The van der Waals surface area contributed by atoms with E-state index in [2.05, 4.69) is 15.5 Å². The first-order chi connectivity index (χ1) is 7.25. The van der Waals surface area contributed by atoms with Crippen molar-refractivity contribution in [2.75, 3.05) is 5.32 Å². The third-order valence-electron chi connectivity index (χ3n) is 2.83. The zero-order chi connectivity index (χ0) is 10.7. The van der Waals surface area contributed by atoms with Crippen LogP contribution in [0.1, 0.15) is 25.7 Å².